The maximum atomic E-state index is 13.4. The number of likely N-dealkylation sites (N-methyl/N-ethyl adjacent to an activating group) is 1. The van der Waals surface area contributed by atoms with Crippen molar-refractivity contribution in [2.45, 2.75) is 37.0 Å². The van der Waals surface area contributed by atoms with E-state index in [2.05, 4.69) is 35.0 Å². The Hall–Kier alpha value is -3.76. The number of anilines is 1. The molecule has 16 heteroatoms. The Balaban J connectivity index is 0.000000345. The van der Waals surface area contributed by atoms with Crippen LogP contribution in [0.15, 0.2) is 42.5 Å². The fraction of sp³-hybridized carbons (Fsp3) is 0.500. The lowest BCUT2D eigenvalue weighted by atomic mass is 9.75. The number of ether oxygens (including phenoxy) is 1. The number of hydrogen-bond acceptors (Lipinski definition) is 6. The van der Waals surface area contributed by atoms with Crippen molar-refractivity contribution in [3.63, 3.8) is 0 Å². The first-order chi connectivity index (χ1) is 21.4. The summed E-state index contributed by atoms with van der Waals surface area (Å²) in [6.45, 7) is 7.20. The Labute approximate surface area is 260 Å². The first-order valence-corrected chi connectivity index (χ1v) is 14.2. The Kier molecular flexibility index (Phi) is 12.1. The second kappa shape index (κ2) is 15.2. The average molecular weight is 666 g/mol. The molecule has 1 spiro atoms. The second-order valence-electron chi connectivity index (χ2n) is 11.1. The van der Waals surface area contributed by atoms with Crippen molar-refractivity contribution in [3.8, 4) is 11.1 Å². The van der Waals surface area contributed by atoms with Gasteiger partial charge in [0.25, 0.3) is 0 Å². The number of benzene rings is 2. The Morgan fingerprint density at radius 2 is 1.33 bits per heavy atom. The fourth-order valence-corrected chi connectivity index (χ4v) is 5.36. The third kappa shape index (κ3) is 9.87. The number of carboxylic acid groups (broad SMARTS) is 2. The minimum atomic E-state index is -5.08. The number of carbonyl (C=O) groups excluding carboxylic acids is 1. The summed E-state index contributed by atoms with van der Waals surface area (Å²) in [5.74, 6) is -5.53. The van der Waals surface area contributed by atoms with Gasteiger partial charge in [0, 0.05) is 70.0 Å². The molecule has 254 valence electrons. The molecule has 1 amide bonds. The second-order valence-corrected chi connectivity index (χ2v) is 11.1. The van der Waals surface area contributed by atoms with E-state index >= 15 is 0 Å². The number of rotatable bonds is 4. The van der Waals surface area contributed by atoms with Crippen LogP contribution >= 0.6 is 0 Å². The van der Waals surface area contributed by atoms with Crippen molar-refractivity contribution in [1.82, 2.24) is 9.80 Å². The molecule has 2 aromatic carbocycles. The van der Waals surface area contributed by atoms with Gasteiger partial charge in [0.1, 0.15) is 5.82 Å². The van der Waals surface area contributed by atoms with Crippen LogP contribution in [0.3, 0.4) is 0 Å². The van der Waals surface area contributed by atoms with E-state index in [4.69, 9.17) is 24.5 Å². The summed E-state index contributed by atoms with van der Waals surface area (Å²) in [7, 11) is 2.15. The highest BCUT2D eigenvalue weighted by Crippen LogP contribution is 2.48. The van der Waals surface area contributed by atoms with Crippen LogP contribution < -0.4 is 4.90 Å². The van der Waals surface area contributed by atoms with Gasteiger partial charge in [0.2, 0.25) is 5.91 Å². The van der Waals surface area contributed by atoms with E-state index in [9.17, 15) is 35.5 Å². The zero-order valence-electron chi connectivity index (χ0n) is 24.8. The van der Waals surface area contributed by atoms with E-state index in [0.717, 1.165) is 82.1 Å². The maximum absolute atomic E-state index is 13.4. The van der Waals surface area contributed by atoms with Crippen molar-refractivity contribution in [2.75, 3.05) is 64.4 Å². The summed E-state index contributed by atoms with van der Waals surface area (Å²) < 4.78 is 82.6. The summed E-state index contributed by atoms with van der Waals surface area (Å²) >= 11 is 0. The lowest BCUT2D eigenvalue weighted by Crippen LogP contribution is -2.46. The highest BCUT2D eigenvalue weighted by atomic mass is 19.4. The summed E-state index contributed by atoms with van der Waals surface area (Å²) in [6.07, 6.45) is -7.76. The van der Waals surface area contributed by atoms with Gasteiger partial charge in [0.05, 0.1) is 0 Å². The normalized spacial score (nSPS) is 18.1. The Bertz CT molecular complexity index is 1330. The Morgan fingerprint density at radius 3 is 1.83 bits per heavy atom. The third-order valence-electron chi connectivity index (χ3n) is 7.97. The number of carboxylic acids is 2. The van der Waals surface area contributed by atoms with Crippen LogP contribution in [0.5, 0.6) is 0 Å². The topological polar surface area (TPSA) is 111 Å². The monoisotopic (exact) mass is 665 g/mol. The van der Waals surface area contributed by atoms with E-state index in [0.29, 0.717) is 6.42 Å². The number of hydrogen-bond donors (Lipinski definition) is 2. The predicted molar refractivity (Wildman–Crippen MR) is 152 cm³/mol. The van der Waals surface area contributed by atoms with Gasteiger partial charge in [-0.05, 0) is 60.8 Å². The fourth-order valence-electron chi connectivity index (χ4n) is 5.36. The molecule has 0 saturated carbocycles. The largest absolute Gasteiger partial charge is 0.490 e. The summed E-state index contributed by atoms with van der Waals surface area (Å²) in [4.78, 5) is 37.9. The number of piperazine rings is 1. The number of halogens is 7. The summed E-state index contributed by atoms with van der Waals surface area (Å²) in [6, 6.07) is 13.0. The number of amides is 1. The molecule has 0 atom stereocenters. The van der Waals surface area contributed by atoms with Crippen LogP contribution in [0.25, 0.3) is 11.1 Å². The molecule has 3 aliphatic rings. The highest BCUT2D eigenvalue weighted by molar-refractivity contribution is 5.97. The van der Waals surface area contributed by atoms with Gasteiger partial charge in [-0.1, -0.05) is 18.2 Å². The van der Waals surface area contributed by atoms with Gasteiger partial charge in [-0.2, -0.15) is 26.3 Å². The van der Waals surface area contributed by atoms with Crippen LogP contribution in [0, 0.1) is 5.82 Å². The molecule has 3 aliphatic heterocycles. The van der Waals surface area contributed by atoms with Crippen LogP contribution in [0.1, 0.15) is 24.8 Å². The summed E-state index contributed by atoms with van der Waals surface area (Å²) in [5.41, 5.74) is 4.31. The van der Waals surface area contributed by atoms with Crippen molar-refractivity contribution in [2.24, 2.45) is 0 Å². The van der Waals surface area contributed by atoms with Crippen molar-refractivity contribution in [1.29, 1.82) is 0 Å². The molecule has 2 N–H and O–H groups in total. The SMILES string of the molecule is CN1CCN(CCC(=O)N2CC3(CCOCC3)c3cc(-c4ccc(F)cc4)ccc32)CC1.O=C(O)C(F)(F)F.O=C(O)C(F)(F)F. The minimum absolute atomic E-state index is 0.0485. The number of carbonyl (C=O) groups is 3. The van der Waals surface area contributed by atoms with Crippen LogP contribution in [-0.2, 0) is 24.5 Å². The molecule has 3 heterocycles. The lowest BCUT2D eigenvalue weighted by molar-refractivity contribution is -0.193. The molecule has 9 nitrogen and oxygen atoms in total. The van der Waals surface area contributed by atoms with E-state index in [1.165, 1.54) is 17.7 Å². The predicted octanol–water partition coefficient (Wildman–Crippen LogP) is 4.79. The zero-order chi connectivity index (χ0) is 34.3. The van der Waals surface area contributed by atoms with Gasteiger partial charge in [0.15, 0.2) is 0 Å². The van der Waals surface area contributed by atoms with E-state index in [1.807, 2.05) is 17.0 Å². The minimum Gasteiger partial charge on any atom is -0.475 e. The van der Waals surface area contributed by atoms with E-state index in [1.54, 1.807) is 0 Å². The standard InChI is InChI=1S/C26H32FN3O2.2C2HF3O2/c1-28-12-14-29(15-13-28)11-8-25(31)30-19-26(9-16-32-17-10-26)23-18-21(4-7-24(23)30)20-2-5-22(27)6-3-20;2*3-2(4,5)1(6)7/h2-7,18H,8-17,19H2,1H3;2*(H,6,7). The van der Waals surface area contributed by atoms with E-state index in [-0.39, 0.29) is 17.1 Å². The van der Waals surface area contributed by atoms with Gasteiger partial charge >= 0.3 is 24.3 Å². The molecule has 2 fully saturated rings. The van der Waals surface area contributed by atoms with Crippen molar-refractivity contribution < 1.29 is 60.1 Å². The van der Waals surface area contributed by atoms with Crippen LogP contribution in [0.2, 0.25) is 0 Å². The molecule has 5 rings (SSSR count). The summed E-state index contributed by atoms with van der Waals surface area (Å²) in [5, 5.41) is 14.2. The maximum Gasteiger partial charge on any atom is 0.490 e. The zero-order valence-corrected chi connectivity index (χ0v) is 24.8. The quantitative estimate of drug-likeness (QED) is 0.449. The molecule has 0 radical (unpaired) electrons. The van der Waals surface area contributed by atoms with Gasteiger partial charge in [-0.3, -0.25) is 4.79 Å². The molecule has 0 aliphatic carbocycles. The number of nitrogens with zero attached hydrogens (tertiary/aromatic N) is 3. The molecular weight excluding hydrogens is 631 g/mol. The van der Waals surface area contributed by atoms with Crippen molar-refractivity contribution in [3.05, 3.63) is 53.8 Å². The van der Waals surface area contributed by atoms with Crippen molar-refractivity contribution >= 4 is 23.5 Å². The number of fused-ring (bicyclic) bond motifs is 2. The number of aliphatic carboxylic acids is 2. The molecule has 46 heavy (non-hydrogen) atoms. The number of alkyl halides is 6. The lowest BCUT2D eigenvalue weighted by Gasteiger charge is -2.34. The third-order valence-corrected chi connectivity index (χ3v) is 7.97. The smallest absolute Gasteiger partial charge is 0.475 e. The molecule has 0 bridgehead atoms. The van der Waals surface area contributed by atoms with Gasteiger partial charge in [-0.15, -0.1) is 0 Å². The average Bonchev–Trinajstić information content (AvgIpc) is 3.30. The molecule has 0 unspecified atom stereocenters. The first-order valence-electron chi connectivity index (χ1n) is 14.2. The van der Waals surface area contributed by atoms with E-state index < -0.39 is 24.3 Å². The van der Waals surface area contributed by atoms with Gasteiger partial charge < -0.3 is 29.6 Å². The first kappa shape index (κ1) is 36.7. The highest BCUT2D eigenvalue weighted by Gasteiger charge is 2.45. The van der Waals surface area contributed by atoms with Gasteiger partial charge in [-0.25, -0.2) is 14.0 Å². The van der Waals surface area contributed by atoms with Crippen LogP contribution in [0.4, 0.5) is 36.4 Å². The van der Waals surface area contributed by atoms with Crippen LogP contribution in [-0.4, -0.2) is 110 Å². The Morgan fingerprint density at radius 1 is 0.826 bits per heavy atom. The molecular formula is C30H34F7N3O6. The molecule has 2 saturated heterocycles. The molecule has 0 aromatic heterocycles. The molecule has 2 aromatic rings.